The zero-order valence-electron chi connectivity index (χ0n) is 13.1. The van der Waals surface area contributed by atoms with Crippen molar-refractivity contribution in [2.24, 2.45) is 0 Å². The van der Waals surface area contributed by atoms with Crippen molar-refractivity contribution >= 4 is 17.5 Å². The van der Waals surface area contributed by atoms with E-state index in [-0.39, 0.29) is 12.5 Å². The van der Waals surface area contributed by atoms with E-state index in [2.05, 4.69) is 10.4 Å². The lowest BCUT2D eigenvalue weighted by molar-refractivity contribution is -0.0300. The lowest BCUT2D eigenvalue weighted by Gasteiger charge is -2.36. The molecule has 0 saturated heterocycles. The van der Waals surface area contributed by atoms with Crippen LogP contribution < -0.4 is 5.32 Å². The Kier molecular flexibility index (Phi) is 4.41. The van der Waals surface area contributed by atoms with Gasteiger partial charge in [0, 0.05) is 11.6 Å². The zero-order valence-corrected chi connectivity index (χ0v) is 13.8. The molecule has 0 unspecified atom stereocenters. The first kappa shape index (κ1) is 16.0. The number of aromatic nitrogens is 2. The Morgan fingerprint density at radius 1 is 1.48 bits per heavy atom. The van der Waals surface area contributed by atoms with Crippen molar-refractivity contribution in [3.8, 4) is 5.69 Å². The molecule has 1 fully saturated rings. The molecule has 1 aliphatic rings. The van der Waals surface area contributed by atoms with Gasteiger partial charge in [0.25, 0.3) is 5.91 Å². The Labute approximate surface area is 140 Å². The molecular weight excluding hydrogens is 314 g/mol. The number of carbonyl (C=O) groups excluding carboxylic acids is 1. The Morgan fingerprint density at radius 2 is 2.26 bits per heavy atom. The van der Waals surface area contributed by atoms with E-state index in [9.17, 15) is 9.90 Å². The summed E-state index contributed by atoms with van der Waals surface area (Å²) in [7, 11) is 0. The molecule has 0 aliphatic heterocycles. The maximum Gasteiger partial charge on any atom is 0.254 e. The van der Waals surface area contributed by atoms with Crippen LogP contribution in [0.1, 0.15) is 42.2 Å². The van der Waals surface area contributed by atoms with E-state index < -0.39 is 5.60 Å². The molecular formula is C17H20ClN3O2. The Morgan fingerprint density at radius 3 is 2.87 bits per heavy atom. The summed E-state index contributed by atoms with van der Waals surface area (Å²) in [5.74, 6) is -0.199. The zero-order chi connectivity index (χ0) is 16.4. The molecule has 0 bridgehead atoms. The van der Waals surface area contributed by atoms with Crippen LogP contribution in [-0.4, -0.2) is 32.9 Å². The molecule has 23 heavy (non-hydrogen) atoms. The molecule has 0 spiro atoms. The Balaban J connectivity index is 1.81. The third-order valence-corrected chi connectivity index (χ3v) is 4.60. The molecule has 122 valence electrons. The van der Waals surface area contributed by atoms with Crippen molar-refractivity contribution in [1.82, 2.24) is 15.1 Å². The fraction of sp³-hybridized carbons (Fsp3) is 0.412. The second-order valence-corrected chi connectivity index (χ2v) is 6.45. The van der Waals surface area contributed by atoms with Crippen LogP contribution in [0.4, 0.5) is 0 Å². The van der Waals surface area contributed by atoms with Crippen molar-refractivity contribution in [2.75, 3.05) is 6.54 Å². The molecule has 2 N–H and O–H groups in total. The molecule has 3 rings (SSSR count). The Hall–Kier alpha value is -1.85. The van der Waals surface area contributed by atoms with E-state index in [1.165, 1.54) is 0 Å². The van der Waals surface area contributed by atoms with Gasteiger partial charge in [0.05, 0.1) is 28.7 Å². The van der Waals surface area contributed by atoms with Gasteiger partial charge in [-0.25, -0.2) is 4.68 Å². The van der Waals surface area contributed by atoms with E-state index in [0.29, 0.717) is 17.0 Å². The number of aliphatic hydroxyl groups is 1. The predicted molar refractivity (Wildman–Crippen MR) is 89.1 cm³/mol. The molecule has 2 aromatic rings. The molecule has 1 aromatic carbocycles. The van der Waals surface area contributed by atoms with Crippen LogP contribution in [0.25, 0.3) is 5.69 Å². The van der Waals surface area contributed by atoms with Crippen LogP contribution in [-0.2, 0) is 6.42 Å². The van der Waals surface area contributed by atoms with Gasteiger partial charge in [0.15, 0.2) is 0 Å². The molecule has 5 nitrogen and oxygen atoms in total. The SMILES string of the molecule is CCc1c(C(=O)NCC2(O)CCC2)cnn1-c1cccc(Cl)c1. The van der Waals surface area contributed by atoms with E-state index in [1.807, 2.05) is 25.1 Å². The third-order valence-electron chi connectivity index (χ3n) is 4.36. The Bertz CT molecular complexity index is 722. The number of nitrogens with one attached hydrogen (secondary N) is 1. The van der Waals surface area contributed by atoms with Crippen LogP contribution >= 0.6 is 11.6 Å². The summed E-state index contributed by atoms with van der Waals surface area (Å²) in [6.07, 6.45) is 4.74. The van der Waals surface area contributed by atoms with Crippen molar-refractivity contribution < 1.29 is 9.90 Å². The molecule has 1 aromatic heterocycles. The van der Waals surface area contributed by atoms with Gasteiger partial charge >= 0.3 is 0 Å². The second kappa shape index (κ2) is 6.34. The number of rotatable bonds is 5. The van der Waals surface area contributed by atoms with Crippen LogP contribution in [0, 0.1) is 0 Å². The van der Waals surface area contributed by atoms with E-state index >= 15 is 0 Å². The maximum atomic E-state index is 12.4. The quantitative estimate of drug-likeness (QED) is 0.884. The number of amides is 1. The summed E-state index contributed by atoms with van der Waals surface area (Å²) < 4.78 is 1.73. The first-order valence-electron chi connectivity index (χ1n) is 7.86. The van der Waals surface area contributed by atoms with Gasteiger partial charge in [-0.1, -0.05) is 24.6 Å². The van der Waals surface area contributed by atoms with E-state index in [1.54, 1.807) is 16.9 Å². The molecule has 1 heterocycles. The largest absolute Gasteiger partial charge is 0.388 e. The summed E-state index contributed by atoms with van der Waals surface area (Å²) in [6, 6.07) is 7.36. The molecule has 6 heteroatoms. The lowest BCUT2D eigenvalue weighted by Crippen LogP contribution is -2.47. The average Bonchev–Trinajstić information content (AvgIpc) is 2.94. The number of hydrogen-bond donors (Lipinski definition) is 2. The van der Waals surface area contributed by atoms with Crippen LogP contribution in [0.3, 0.4) is 0 Å². The summed E-state index contributed by atoms with van der Waals surface area (Å²) in [6.45, 7) is 2.27. The highest BCUT2D eigenvalue weighted by atomic mass is 35.5. The van der Waals surface area contributed by atoms with Crippen LogP contribution in [0.5, 0.6) is 0 Å². The number of nitrogens with zero attached hydrogens (tertiary/aromatic N) is 2. The molecule has 1 saturated carbocycles. The number of halogens is 1. The van der Waals surface area contributed by atoms with Gasteiger partial charge in [-0.2, -0.15) is 5.10 Å². The monoisotopic (exact) mass is 333 g/mol. The minimum Gasteiger partial charge on any atom is -0.388 e. The molecule has 1 aliphatic carbocycles. The van der Waals surface area contributed by atoms with Crippen LogP contribution in [0.15, 0.2) is 30.5 Å². The molecule has 0 atom stereocenters. The topological polar surface area (TPSA) is 67.2 Å². The molecule has 1 amide bonds. The van der Waals surface area contributed by atoms with Gasteiger partial charge < -0.3 is 10.4 Å². The van der Waals surface area contributed by atoms with Crippen molar-refractivity contribution in [2.45, 2.75) is 38.2 Å². The maximum absolute atomic E-state index is 12.4. The van der Waals surface area contributed by atoms with Crippen molar-refractivity contribution in [3.63, 3.8) is 0 Å². The summed E-state index contributed by atoms with van der Waals surface area (Å²) in [5.41, 5.74) is 1.46. The normalized spacial score (nSPS) is 16.0. The highest BCUT2D eigenvalue weighted by molar-refractivity contribution is 6.30. The number of benzene rings is 1. The fourth-order valence-electron chi connectivity index (χ4n) is 2.84. The highest BCUT2D eigenvalue weighted by Gasteiger charge is 2.34. The van der Waals surface area contributed by atoms with Crippen molar-refractivity contribution in [1.29, 1.82) is 0 Å². The van der Waals surface area contributed by atoms with E-state index in [0.717, 1.165) is 30.6 Å². The van der Waals surface area contributed by atoms with Gasteiger partial charge in [-0.05, 0) is 43.9 Å². The number of hydrogen-bond acceptors (Lipinski definition) is 3. The summed E-state index contributed by atoms with van der Waals surface area (Å²) >= 11 is 6.03. The average molecular weight is 334 g/mol. The van der Waals surface area contributed by atoms with Gasteiger partial charge in [-0.3, -0.25) is 4.79 Å². The van der Waals surface area contributed by atoms with Crippen LogP contribution in [0.2, 0.25) is 5.02 Å². The first-order chi connectivity index (χ1) is 11.0. The van der Waals surface area contributed by atoms with Crippen molar-refractivity contribution in [3.05, 3.63) is 46.7 Å². The summed E-state index contributed by atoms with van der Waals surface area (Å²) in [4.78, 5) is 12.4. The lowest BCUT2D eigenvalue weighted by atomic mass is 9.80. The van der Waals surface area contributed by atoms with Gasteiger partial charge in [-0.15, -0.1) is 0 Å². The minimum atomic E-state index is -0.731. The van der Waals surface area contributed by atoms with E-state index in [4.69, 9.17) is 11.6 Å². The fourth-order valence-corrected chi connectivity index (χ4v) is 3.02. The standard InChI is InChI=1S/C17H20ClN3O2/c1-2-15-14(16(22)19-11-17(23)7-4-8-17)10-20-21(15)13-6-3-5-12(18)9-13/h3,5-6,9-10,23H,2,4,7-8,11H2,1H3,(H,19,22). The summed E-state index contributed by atoms with van der Waals surface area (Å²) in [5, 5.41) is 17.9. The van der Waals surface area contributed by atoms with Gasteiger partial charge in [0.2, 0.25) is 0 Å². The molecule has 0 radical (unpaired) electrons. The third kappa shape index (κ3) is 3.26. The predicted octanol–water partition coefficient (Wildman–Crippen LogP) is 2.73. The second-order valence-electron chi connectivity index (χ2n) is 6.01. The number of carbonyl (C=O) groups is 1. The van der Waals surface area contributed by atoms with Gasteiger partial charge in [0.1, 0.15) is 0 Å². The highest BCUT2D eigenvalue weighted by Crippen LogP contribution is 2.30. The first-order valence-corrected chi connectivity index (χ1v) is 8.24. The smallest absolute Gasteiger partial charge is 0.254 e. The minimum absolute atomic E-state index is 0.199.